The van der Waals surface area contributed by atoms with E-state index in [-0.39, 0.29) is 17.6 Å². The molecule has 0 bridgehead atoms. The van der Waals surface area contributed by atoms with Crippen LogP contribution in [-0.4, -0.2) is 27.6 Å². The topological polar surface area (TPSA) is 38.1 Å². The highest BCUT2D eigenvalue weighted by Crippen LogP contribution is 2.22. The van der Waals surface area contributed by atoms with Crippen molar-refractivity contribution in [2.24, 2.45) is 5.92 Å². The van der Waals surface area contributed by atoms with Gasteiger partial charge in [0.15, 0.2) is 0 Å². The molecule has 1 aromatic heterocycles. The molecule has 28 heavy (non-hydrogen) atoms. The molecule has 0 radical (unpaired) electrons. The number of rotatable bonds is 8. The lowest BCUT2D eigenvalue weighted by Gasteiger charge is -2.23. The minimum absolute atomic E-state index is 0.116. The monoisotopic (exact) mass is 381 g/mol. The maximum atomic E-state index is 13.2. The third kappa shape index (κ3) is 4.41. The fraction of sp³-hybridized carbons (Fsp3) is 0.391. The predicted molar refractivity (Wildman–Crippen MR) is 111 cm³/mol. The van der Waals surface area contributed by atoms with Gasteiger partial charge in [0.1, 0.15) is 5.82 Å². The summed E-state index contributed by atoms with van der Waals surface area (Å²) in [6, 6.07) is 12.4. The Morgan fingerprint density at radius 3 is 2.43 bits per heavy atom. The van der Waals surface area contributed by atoms with Gasteiger partial charge in [0.25, 0.3) is 0 Å². The van der Waals surface area contributed by atoms with Gasteiger partial charge in [-0.25, -0.2) is 9.07 Å². The maximum absolute atomic E-state index is 13.2. The van der Waals surface area contributed by atoms with Gasteiger partial charge in [-0.15, -0.1) is 0 Å². The highest BCUT2D eigenvalue weighted by Gasteiger charge is 2.20. The fourth-order valence-corrected chi connectivity index (χ4v) is 3.72. The number of carbonyl (C=O) groups excluding carboxylic acids is 1. The third-order valence-corrected chi connectivity index (χ3v) is 5.12. The van der Waals surface area contributed by atoms with Gasteiger partial charge < -0.3 is 4.90 Å². The summed E-state index contributed by atoms with van der Waals surface area (Å²) in [6.07, 6.45) is 5.75. The lowest BCUT2D eigenvalue weighted by atomic mass is 9.96. The van der Waals surface area contributed by atoms with Crippen molar-refractivity contribution in [1.82, 2.24) is 14.7 Å². The van der Waals surface area contributed by atoms with Crippen molar-refractivity contribution in [2.75, 3.05) is 7.05 Å². The van der Waals surface area contributed by atoms with Crippen LogP contribution in [0.2, 0.25) is 0 Å². The quantitative estimate of drug-likeness (QED) is 0.528. The molecule has 5 heteroatoms. The average molecular weight is 381 g/mol. The largest absolute Gasteiger partial charge is 0.341 e. The molecule has 0 aliphatic heterocycles. The lowest BCUT2D eigenvalue weighted by Crippen LogP contribution is -2.32. The Morgan fingerprint density at radius 1 is 1.11 bits per heavy atom. The fourth-order valence-electron chi connectivity index (χ4n) is 3.72. The normalized spacial score (nSPS) is 11.3. The minimum atomic E-state index is -0.264. The van der Waals surface area contributed by atoms with Crippen molar-refractivity contribution in [3.05, 3.63) is 60.0 Å². The van der Waals surface area contributed by atoms with E-state index in [2.05, 4.69) is 25.0 Å². The molecule has 1 amide bonds. The first-order valence-corrected chi connectivity index (χ1v) is 10.0. The highest BCUT2D eigenvalue weighted by atomic mass is 19.1. The number of fused-ring (bicyclic) bond motifs is 1. The smallest absolute Gasteiger partial charge is 0.225 e. The zero-order valence-corrected chi connectivity index (χ0v) is 16.9. The number of hydrogen-bond acceptors (Lipinski definition) is 2. The van der Waals surface area contributed by atoms with Gasteiger partial charge in [-0.2, -0.15) is 5.10 Å². The molecule has 0 saturated carbocycles. The standard InChI is InChI=1S/C23H28FN3O/c1-4-6-18(7-5-2)23(28)26(3)16-17-8-13-22-19(14-17)15-25-27(22)21-11-9-20(24)10-12-21/h8-15,18H,4-7,16H2,1-3H3. The summed E-state index contributed by atoms with van der Waals surface area (Å²) in [6.45, 7) is 4.84. The summed E-state index contributed by atoms with van der Waals surface area (Å²) in [5, 5.41) is 5.44. The molecule has 1 heterocycles. The van der Waals surface area contributed by atoms with E-state index in [1.54, 1.807) is 23.0 Å². The van der Waals surface area contributed by atoms with Crippen molar-refractivity contribution in [3.63, 3.8) is 0 Å². The first-order chi connectivity index (χ1) is 13.5. The van der Waals surface area contributed by atoms with Gasteiger partial charge in [-0.05, 0) is 54.8 Å². The Hall–Kier alpha value is -2.69. The molecule has 3 aromatic rings. The molecule has 0 fully saturated rings. The van der Waals surface area contributed by atoms with Gasteiger partial charge in [0.2, 0.25) is 5.91 Å². The van der Waals surface area contributed by atoms with Gasteiger partial charge in [0, 0.05) is 24.9 Å². The number of benzene rings is 2. The third-order valence-electron chi connectivity index (χ3n) is 5.12. The van der Waals surface area contributed by atoms with E-state index in [0.29, 0.717) is 6.54 Å². The Labute approximate surface area is 166 Å². The van der Waals surface area contributed by atoms with Crippen LogP contribution in [0.25, 0.3) is 16.6 Å². The summed E-state index contributed by atoms with van der Waals surface area (Å²) in [5.41, 5.74) is 2.85. The summed E-state index contributed by atoms with van der Waals surface area (Å²) in [4.78, 5) is 14.6. The number of amides is 1. The second-order valence-corrected chi connectivity index (χ2v) is 7.39. The van der Waals surface area contributed by atoms with Crippen molar-refractivity contribution in [2.45, 2.75) is 46.1 Å². The van der Waals surface area contributed by atoms with Crippen molar-refractivity contribution in [3.8, 4) is 5.69 Å². The SMILES string of the molecule is CCCC(CCC)C(=O)N(C)Cc1ccc2c(cnn2-c2ccc(F)cc2)c1. The number of carbonyl (C=O) groups is 1. The van der Waals surface area contributed by atoms with Crippen LogP contribution in [0.4, 0.5) is 4.39 Å². The summed E-state index contributed by atoms with van der Waals surface area (Å²) < 4.78 is 15.0. The van der Waals surface area contributed by atoms with Crippen molar-refractivity contribution >= 4 is 16.8 Å². The van der Waals surface area contributed by atoms with E-state index in [9.17, 15) is 9.18 Å². The average Bonchev–Trinajstić information content (AvgIpc) is 3.11. The zero-order valence-electron chi connectivity index (χ0n) is 16.9. The van der Waals surface area contributed by atoms with Crippen LogP contribution >= 0.6 is 0 Å². The van der Waals surface area contributed by atoms with Crippen LogP contribution in [0, 0.1) is 11.7 Å². The molecule has 3 rings (SSSR count). The second kappa shape index (κ2) is 9.00. The molecule has 0 atom stereocenters. The minimum Gasteiger partial charge on any atom is -0.341 e. The lowest BCUT2D eigenvalue weighted by molar-refractivity contribution is -0.135. The van der Waals surface area contributed by atoms with E-state index in [4.69, 9.17) is 0 Å². The number of aromatic nitrogens is 2. The molecule has 0 spiro atoms. The van der Waals surface area contributed by atoms with Crippen LogP contribution in [0.1, 0.15) is 45.1 Å². The van der Waals surface area contributed by atoms with Gasteiger partial charge in [0.05, 0.1) is 17.4 Å². The van der Waals surface area contributed by atoms with Crippen molar-refractivity contribution < 1.29 is 9.18 Å². The van der Waals surface area contributed by atoms with E-state index >= 15 is 0 Å². The number of hydrogen-bond donors (Lipinski definition) is 0. The molecule has 0 aliphatic carbocycles. The molecule has 0 unspecified atom stereocenters. The summed E-state index contributed by atoms with van der Waals surface area (Å²) >= 11 is 0. The Morgan fingerprint density at radius 2 is 1.79 bits per heavy atom. The highest BCUT2D eigenvalue weighted by molar-refractivity contribution is 5.82. The first-order valence-electron chi connectivity index (χ1n) is 10.0. The Bertz CT molecular complexity index is 927. The van der Waals surface area contributed by atoms with Gasteiger partial charge in [-0.3, -0.25) is 4.79 Å². The van der Waals surface area contributed by atoms with Crippen LogP contribution < -0.4 is 0 Å². The Balaban J connectivity index is 1.77. The number of halogens is 1. The molecule has 0 N–H and O–H groups in total. The van der Waals surface area contributed by atoms with E-state index in [1.165, 1.54) is 12.1 Å². The Kier molecular flexibility index (Phi) is 6.45. The van der Waals surface area contributed by atoms with Crippen LogP contribution in [0.3, 0.4) is 0 Å². The molecule has 2 aromatic carbocycles. The van der Waals surface area contributed by atoms with Crippen LogP contribution in [-0.2, 0) is 11.3 Å². The molecule has 4 nitrogen and oxygen atoms in total. The molecule has 148 valence electrons. The predicted octanol–water partition coefficient (Wildman–Crippen LogP) is 5.34. The van der Waals surface area contributed by atoms with Crippen molar-refractivity contribution in [1.29, 1.82) is 0 Å². The van der Waals surface area contributed by atoms with Crippen LogP contribution in [0.15, 0.2) is 48.7 Å². The molecule has 0 saturated heterocycles. The van der Waals surface area contributed by atoms with Crippen LogP contribution in [0.5, 0.6) is 0 Å². The van der Waals surface area contributed by atoms with E-state index in [1.807, 2.05) is 24.1 Å². The molecule has 0 aliphatic rings. The van der Waals surface area contributed by atoms with Gasteiger partial charge >= 0.3 is 0 Å². The van der Waals surface area contributed by atoms with E-state index < -0.39 is 0 Å². The summed E-state index contributed by atoms with van der Waals surface area (Å²) in [7, 11) is 1.88. The summed E-state index contributed by atoms with van der Waals surface area (Å²) in [5.74, 6) is 0.0791. The van der Waals surface area contributed by atoms with E-state index in [0.717, 1.165) is 47.8 Å². The maximum Gasteiger partial charge on any atom is 0.225 e. The molecular weight excluding hydrogens is 353 g/mol. The molecular formula is C23H28FN3O. The second-order valence-electron chi connectivity index (χ2n) is 7.39. The van der Waals surface area contributed by atoms with Gasteiger partial charge in [-0.1, -0.05) is 32.8 Å². The first kappa shape index (κ1) is 20.1. The number of nitrogens with zero attached hydrogens (tertiary/aromatic N) is 3. The zero-order chi connectivity index (χ0) is 20.1.